The smallest absolute Gasteiger partial charge is 0.252 e. The van der Waals surface area contributed by atoms with Crippen molar-refractivity contribution >= 4 is 5.78 Å². The molecular weight excluding hydrogens is 305 g/mol. The Bertz CT molecular complexity index is 859. The summed E-state index contributed by atoms with van der Waals surface area (Å²) in [6.07, 6.45) is 3.74. The van der Waals surface area contributed by atoms with Crippen molar-refractivity contribution in [3.8, 4) is 0 Å². The Morgan fingerprint density at radius 1 is 1.29 bits per heavy atom. The molecule has 2 aromatic heterocycles. The number of nitrogens with zero attached hydrogens (tertiary/aromatic N) is 5. The van der Waals surface area contributed by atoms with Crippen molar-refractivity contribution in [2.75, 3.05) is 13.1 Å². The topological polar surface area (TPSA) is 46.3 Å². The highest BCUT2D eigenvalue weighted by atomic mass is 19.1. The minimum Gasteiger partial charge on any atom is -0.298 e. The maximum absolute atomic E-state index is 13.9. The monoisotopic (exact) mass is 325 g/mol. The number of piperidine rings is 1. The highest BCUT2D eigenvalue weighted by Gasteiger charge is 2.24. The lowest BCUT2D eigenvalue weighted by molar-refractivity contribution is 0.195. The Morgan fingerprint density at radius 3 is 3.04 bits per heavy atom. The standard InChI is InChI=1S/C18H20FN5/c1-13-9-17(24-18(22-13)20-12-21-24)15-6-4-8-23(11-15)10-14-5-2-3-7-16(14)19/h2-3,5,7,9,12,15H,4,6,8,10-11H2,1H3. The minimum absolute atomic E-state index is 0.127. The van der Waals surface area contributed by atoms with E-state index in [-0.39, 0.29) is 5.82 Å². The second-order valence-electron chi connectivity index (χ2n) is 6.46. The number of hydrogen-bond donors (Lipinski definition) is 0. The van der Waals surface area contributed by atoms with E-state index >= 15 is 0 Å². The summed E-state index contributed by atoms with van der Waals surface area (Å²) in [5, 5.41) is 4.32. The summed E-state index contributed by atoms with van der Waals surface area (Å²) >= 11 is 0. The van der Waals surface area contributed by atoms with E-state index in [1.165, 1.54) is 6.07 Å². The molecule has 1 unspecified atom stereocenters. The van der Waals surface area contributed by atoms with Gasteiger partial charge >= 0.3 is 0 Å². The first-order chi connectivity index (χ1) is 11.7. The second-order valence-corrected chi connectivity index (χ2v) is 6.46. The first kappa shape index (κ1) is 15.2. The van der Waals surface area contributed by atoms with E-state index in [1.807, 2.05) is 23.6 Å². The predicted octanol–water partition coefficient (Wildman–Crippen LogP) is 2.95. The quantitative estimate of drug-likeness (QED) is 0.743. The molecule has 0 bridgehead atoms. The first-order valence-electron chi connectivity index (χ1n) is 8.34. The molecule has 24 heavy (non-hydrogen) atoms. The van der Waals surface area contributed by atoms with Crippen LogP contribution < -0.4 is 0 Å². The molecule has 1 saturated heterocycles. The van der Waals surface area contributed by atoms with Crippen LogP contribution in [0.4, 0.5) is 4.39 Å². The number of aryl methyl sites for hydroxylation is 1. The zero-order valence-corrected chi connectivity index (χ0v) is 13.7. The number of rotatable bonds is 3. The molecule has 1 fully saturated rings. The third kappa shape index (κ3) is 2.89. The Kier molecular flexibility index (Phi) is 3.98. The molecule has 0 saturated carbocycles. The summed E-state index contributed by atoms with van der Waals surface area (Å²) in [7, 11) is 0. The molecule has 5 nitrogen and oxygen atoms in total. The number of benzene rings is 1. The van der Waals surface area contributed by atoms with Gasteiger partial charge in [-0.2, -0.15) is 10.1 Å². The predicted molar refractivity (Wildman–Crippen MR) is 89.2 cm³/mol. The molecule has 1 aliphatic rings. The van der Waals surface area contributed by atoms with Crippen molar-refractivity contribution in [2.24, 2.45) is 0 Å². The van der Waals surface area contributed by atoms with Gasteiger partial charge in [-0.05, 0) is 38.4 Å². The van der Waals surface area contributed by atoms with Gasteiger partial charge in [0.2, 0.25) is 0 Å². The van der Waals surface area contributed by atoms with E-state index in [9.17, 15) is 4.39 Å². The third-order valence-electron chi connectivity index (χ3n) is 4.68. The van der Waals surface area contributed by atoms with Crippen molar-refractivity contribution in [1.29, 1.82) is 0 Å². The number of aromatic nitrogens is 4. The Labute approximate surface area is 140 Å². The number of fused-ring (bicyclic) bond motifs is 1. The van der Waals surface area contributed by atoms with Gasteiger partial charge in [-0.15, -0.1) is 0 Å². The molecule has 1 aliphatic heterocycles. The van der Waals surface area contributed by atoms with E-state index in [4.69, 9.17) is 0 Å². The van der Waals surface area contributed by atoms with E-state index in [1.54, 1.807) is 12.4 Å². The average molecular weight is 325 g/mol. The minimum atomic E-state index is -0.127. The van der Waals surface area contributed by atoms with Crippen LogP contribution in [0.15, 0.2) is 36.7 Å². The molecule has 3 aromatic rings. The highest BCUT2D eigenvalue weighted by molar-refractivity contribution is 5.31. The summed E-state index contributed by atoms with van der Waals surface area (Å²) in [6, 6.07) is 9.12. The van der Waals surface area contributed by atoms with Crippen molar-refractivity contribution in [3.63, 3.8) is 0 Å². The van der Waals surface area contributed by atoms with Crippen molar-refractivity contribution in [3.05, 3.63) is 59.4 Å². The van der Waals surface area contributed by atoms with Gasteiger partial charge in [0.05, 0.1) is 5.69 Å². The average Bonchev–Trinajstić information content (AvgIpc) is 3.05. The van der Waals surface area contributed by atoms with E-state index in [2.05, 4.69) is 26.0 Å². The molecule has 0 N–H and O–H groups in total. The summed E-state index contributed by atoms with van der Waals surface area (Å²) < 4.78 is 15.8. The fourth-order valence-corrected chi connectivity index (χ4v) is 3.56. The molecule has 4 rings (SSSR count). The molecule has 1 atom stereocenters. The molecule has 0 spiro atoms. The van der Waals surface area contributed by atoms with Gasteiger partial charge in [0.15, 0.2) is 0 Å². The Balaban J connectivity index is 1.58. The molecule has 0 amide bonds. The lowest BCUT2D eigenvalue weighted by Gasteiger charge is -2.33. The van der Waals surface area contributed by atoms with Gasteiger partial charge in [0.1, 0.15) is 12.1 Å². The summed E-state index contributed by atoms with van der Waals surface area (Å²) in [4.78, 5) is 11.0. The molecule has 6 heteroatoms. The SMILES string of the molecule is Cc1cc(C2CCCN(Cc3ccccc3F)C2)n2ncnc2n1. The molecule has 3 heterocycles. The zero-order valence-electron chi connectivity index (χ0n) is 13.7. The largest absolute Gasteiger partial charge is 0.298 e. The van der Waals surface area contributed by atoms with Crippen LogP contribution in [0.5, 0.6) is 0 Å². The van der Waals surface area contributed by atoms with Crippen LogP contribution >= 0.6 is 0 Å². The van der Waals surface area contributed by atoms with Crippen LogP contribution in [0, 0.1) is 12.7 Å². The maximum atomic E-state index is 13.9. The lowest BCUT2D eigenvalue weighted by Crippen LogP contribution is -2.35. The fraction of sp³-hybridized carbons (Fsp3) is 0.389. The fourth-order valence-electron chi connectivity index (χ4n) is 3.56. The normalized spacial score (nSPS) is 19.0. The van der Waals surface area contributed by atoms with Crippen molar-refractivity contribution in [2.45, 2.75) is 32.2 Å². The van der Waals surface area contributed by atoms with Crippen LogP contribution in [0.2, 0.25) is 0 Å². The van der Waals surface area contributed by atoms with Crippen LogP contribution in [-0.2, 0) is 6.54 Å². The van der Waals surface area contributed by atoms with Crippen LogP contribution in [0.1, 0.15) is 35.7 Å². The summed E-state index contributed by atoms with van der Waals surface area (Å²) in [6.45, 7) is 4.52. The van der Waals surface area contributed by atoms with E-state index < -0.39 is 0 Å². The van der Waals surface area contributed by atoms with Gasteiger partial charge in [-0.25, -0.2) is 13.9 Å². The maximum Gasteiger partial charge on any atom is 0.252 e. The molecule has 0 radical (unpaired) electrons. The Hall–Kier alpha value is -2.34. The molecular formula is C18H20FN5. The number of hydrogen-bond acceptors (Lipinski definition) is 4. The van der Waals surface area contributed by atoms with Crippen molar-refractivity contribution in [1.82, 2.24) is 24.5 Å². The summed E-state index contributed by atoms with van der Waals surface area (Å²) in [5.74, 6) is 0.880. The van der Waals surface area contributed by atoms with Gasteiger partial charge in [-0.3, -0.25) is 4.90 Å². The number of likely N-dealkylation sites (tertiary alicyclic amines) is 1. The molecule has 124 valence electrons. The third-order valence-corrected chi connectivity index (χ3v) is 4.68. The van der Waals surface area contributed by atoms with Gasteiger partial charge < -0.3 is 0 Å². The number of halogens is 1. The van der Waals surface area contributed by atoms with Gasteiger partial charge in [-0.1, -0.05) is 18.2 Å². The van der Waals surface area contributed by atoms with Gasteiger partial charge in [0, 0.05) is 30.3 Å². The Morgan fingerprint density at radius 2 is 2.17 bits per heavy atom. The second kappa shape index (κ2) is 6.28. The molecule has 1 aromatic carbocycles. The zero-order chi connectivity index (χ0) is 16.5. The van der Waals surface area contributed by atoms with Gasteiger partial charge in [0.25, 0.3) is 5.78 Å². The lowest BCUT2D eigenvalue weighted by atomic mass is 9.93. The van der Waals surface area contributed by atoms with Crippen LogP contribution in [0.25, 0.3) is 5.78 Å². The van der Waals surface area contributed by atoms with E-state index in [0.717, 1.165) is 42.9 Å². The van der Waals surface area contributed by atoms with Crippen LogP contribution in [-0.4, -0.2) is 37.6 Å². The van der Waals surface area contributed by atoms with Crippen LogP contribution in [0.3, 0.4) is 0 Å². The molecule has 0 aliphatic carbocycles. The summed E-state index contributed by atoms with van der Waals surface area (Å²) in [5.41, 5.74) is 2.86. The highest BCUT2D eigenvalue weighted by Crippen LogP contribution is 2.28. The van der Waals surface area contributed by atoms with E-state index in [0.29, 0.717) is 18.2 Å². The first-order valence-corrected chi connectivity index (χ1v) is 8.34. The van der Waals surface area contributed by atoms with Crippen molar-refractivity contribution < 1.29 is 4.39 Å².